The highest BCUT2D eigenvalue weighted by molar-refractivity contribution is 7.98. The number of rotatable bonds is 5. The van der Waals surface area contributed by atoms with Crippen molar-refractivity contribution in [1.82, 2.24) is 9.97 Å². The van der Waals surface area contributed by atoms with Gasteiger partial charge in [0.15, 0.2) is 0 Å². The van der Waals surface area contributed by atoms with E-state index in [1.807, 2.05) is 0 Å². The van der Waals surface area contributed by atoms with Gasteiger partial charge in [-0.1, -0.05) is 38.1 Å². The van der Waals surface area contributed by atoms with E-state index in [2.05, 4.69) is 60.4 Å². The highest BCUT2D eigenvalue weighted by Crippen LogP contribution is 2.32. The standard InChI is InChI=1S/C15H20N4S/c1-10(2)13-14(19-16)17-9-18-15(13)20-8-12-7-5-4-6-11(12)3/h4-7,9-10H,8,16H2,1-3H3,(H,17,18,19). The number of anilines is 1. The number of aryl methyl sites for hydroxylation is 1. The minimum atomic E-state index is 0.321. The number of nitrogen functional groups attached to an aromatic ring is 1. The molecule has 2 aromatic rings. The number of nitrogens with zero attached hydrogens (tertiary/aromatic N) is 2. The lowest BCUT2D eigenvalue weighted by molar-refractivity contribution is 0.804. The molecule has 0 radical (unpaired) electrons. The van der Waals surface area contributed by atoms with Crippen LogP contribution in [0.3, 0.4) is 0 Å². The molecule has 0 bridgehead atoms. The Hall–Kier alpha value is -1.59. The fraction of sp³-hybridized carbons (Fsp3) is 0.333. The molecule has 1 aromatic heterocycles. The van der Waals surface area contributed by atoms with E-state index < -0.39 is 0 Å². The van der Waals surface area contributed by atoms with Gasteiger partial charge in [0.2, 0.25) is 0 Å². The van der Waals surface area contributed by atoms with E-state index in [0.29, 0.717) is 11.7 Å². The van der Waals surface area contributed by atoms with Crippen molar-refractivity contribution in [3.63, 3.8) is 0 Å². The molecule has 0 spiro atoms. The lowest BCUT2D eigenvalue weighted by atomic mass is 10.1. The van der Waals surface area contributed by atoms with Gasteiger partial charge in [-0.05, 0) is 24.0 Å². The molecule has 1 aromatic carbocycles. The number of nitrogens with one attached hydrogen (secondary N) is 1. The molecule has 3 N–H and O–H groups in total. The molecule has 0 saturated heterocycles. The average molecular weight is 288 g/mol. The monoisotopic (exact) mass is 288 g/mol. The molecule has 0 fully saturated rings. The van der Waals surface area contributed by atoms with E-state index in [1.54, 1.807) is 18.1 Å². The van der Waals surface area contributed by atoms with Crippen LogP contribution >= 0.6 is 11.8 Å². The second-order valence-corrected chi connectivity index (χ2v) is 5.92. The van der Waals surface area contributed by atoms with E-state index in [4.69, 9.17) is 5.84 Å². The van der Waals surface area contributed by atoms with Gasteiger partial charge in [0, 0.05) is 11.3 Å². The first-order chi connectivity index (χ1) is 9.63. The number of hydrazine groups is 1. The molecular weight excluding hydrogens is 268 g/mol. The van der Waals surface area contributed by atoms with Gasteiger partial charge in [-0.25, -0.2) is 15.8 Å². The number of thioether (sulfide) groups is 1. The van der Waals surface area contributed by atoms with Crippen LogP contribution in [0.4, 0.5) is 5.82 Å². The van der Waals surface area contributed by atoms with E-state index in [1.165, 1.54) is 11.1 Å². The molecule has 106 valence electrons. The lowest BCUT2D eigenvalue weighted by Gasteiger charge is -2.15. The van der Waals surface area contributed by atoms with Crippen molar-refractivity contribution in [2.45, 2.75) is 37.5 Å². The molecule has 5 heteroatoms. The van der Waals surface area contributed by atoms with Crippen molar-refractivity contribution in [2.24, 2.45) is 5.84 Å². The van der Waals surface area contributed by atoms with Crippen molar-refractivity contribution < 1.29 is 0 Å². The smallest absolute Gasteiger partial charge is 0.147 e. The van der Waals surface area contributed by atoms with Crippen LogP contribution in [-0.4, -0.2) is 9.97 Å². The molecule has 1 heterocycles. The minimum absolute atomic E-state index is 0.321. The highest BCUT2D eigenvalue weighted by Gasteiger charge is 2.15. The van der Waals surface area contributed by atoms with E-state index in [-0.39, 0.29) is 0 Å². The summed E-state index contributed by atoms with van der Waals surface area (Å²) in [5, 5.41) is 0.992. The summed E-state index contributed by atoms with van der Waals surface area (Å²) >= 11 is 1.73. The van der Waals surface area contributed by atoms with Gasteiger partial charge in [0.05, 0.1) is 0 Å². The van der Waals surface area contributed by atoms with Crippen LogP contribution in [0.25, 0.3) is 0 Å². The molecule has 20 heavy (non-hydrogen) atoms. The molecule has 0 saturated carbocycles. The number of benzene rings is 1. The average Bonchev–Trinajstić information content (AvgIpc) is 2.45. The van der Waals surface area contributed by atoms with Crippen LogP contribution in [0, 0.1) is 6.92 Å². The van der Waals surface area contributed by atoms with Crippen LogP contribution in [0.5, 0.6) is 0 Å². The van der Waals surface area contributed by atoms with Crippen molar-refractivity contribution in [3.8, 4) is 0 Å². The van der Waals surface area contributed by atoms with Gasteiger partial charge < -0.3 is 5.43 Å². The van der Waals surface area contributed by atoms with Gasteiger partial charge in [-0.2, -0.15) is 0 Å². The molecule has 2 rings (SSSR count). The van der Waals surface area contributed by atoms with Crippen molar-refractivity contribution in [3.05, 3.63) is 47.3 Å². The maximum absolute atomic E-state index is 5.54. The Balaban J connectivity index is 2.24. The Kier molecular flexibility index (Phi) is 4.98. The van der Waals surface area contributed by atoms with Crippen molar-refractivity contribution >= 4 is 17.6 Å². The SMILES string of the molecule is Cc1ccccc1CSc1ncnc(NN)c1C(C)C. The van der Waals surface area contributed by atoms with Gasteiger partial charge in [-0.15, -0.1) is 11.8 Å². The molecule has 0 atom stereocenters. The van der Waals surface area contributed by atoms with Gasteiger partial charge >= 0.3 is 0 Å². The Morgan fingerprint density at radius 3 is 2.65 bits per heavy atom. The third kappa shape index (κ3) is 3.29. The zero-order valence-electron chi connectivity index (χ0n) is 12.1. The van der Waals surface area contributed by atoms with E-state index in [0.717, 1.165) is 16.3 Å². The Morgan fingerprint density at radius 1 is 1.25 bits per heavy atom. The molecule has 0 unspecified atom stereocenters. The fourth-order valence-corrected chi connectivity index (χ4v) is 3.27. The second-order valence-electron chi connectivity index (χ2n) is 4.96. The van der Waals surface area contributed by atoms with Crippen LogP contribution < -0.4 is 11.3 Å². The third-order valence-electron chi connectivity index (χ3n) is 3.19. The number of hydrogen-bond donors (Lipinski definition) is 2. The van der Waals surface area contributed by atoms with E-state index >= 15 is 0 Å². The largest absolute Gasteiger partial charge is 0.308 e. The van der Waals surface area contributed by atoms with Gasteiger partial charge in [0.1, 0.15) is 17.2 Å². The lowest BCUT2D eigenvalue weighted by Crippen LogP contribution is -2.13. The Morgan fingerprint density at radius 2 is 2.00 bits per heavy atom. The predicted molar refractivity (Wildman–Crippen MR) is 84.7 cm³/mol. The number of aromatic nitrogens is 2. The highest BCUT2D eigenvalue weighted by atomic mass is 32.2. The van der Waals surface area contributed by atoms with Gasteiger partial charge in [0.25, 0.3) is 0 Å². The molecule has 0 aliphatic rings. The van der Waals surface area contributed by atoms with Crippen molar-refractivity contribution in [2.75, 3.05) is 5.43 Å². The summed E-state index contributed by atoms with van der Waals surface area (Å²) in [6, 6.07) is 8.41. The summed E-state index contributed by atoms with van der Waals surface area (Å²) in [5.41, 5.74) is 6.37. The summed E-state index contributed by atoms with van der Waals surface area (Å²) in [5.74, 6) is 7.47. The summed E-state index contributed by atoms with van der Waals surface area (Å²) in [7, 11) is 0. The fourth-order valence-electron chi connectivity index (χ4n) is 2.05. The first-order valence-corrected chi connectivity index (χ1v) is 7.60. The first kappa shape index (κ1) is 14.8. The zero-order valence-corrected chi connectivity index (χ0v) is 12.9. The normalized spacial score (nSPS) is 10.8. The zero-order chi connectivity index (χ0) is 14.5. The molecule has 4 nitrogen and oxygen atoms in total. The molecule has 0 aliphatic carbocycles. The minimum Gasteiger partial charge on any atom is -0.308 e. The summed E-state index contributed by atoms with van der Waals surface area (Å²) < 4.78 is 0. The molecule has 0 aliphatic heterocycles. The van der Waals surface area contributed by atoms with Gasteiger partial charge in [-0.3, -0.25) is 0 Å². The topological polar surface area (TPSA) is 63.8 Å². The summed E-state index contributed by atoms with van der Waals surface area (Å²) in [6.07, 6.45) is 1.56. The maximum Gasteiger partial charge on any atom is 0.147 e. The van der Waals surface area contributed by atoms with Crippen LogP contribution in [0.15, 0.2) is 35.6 Å². The number of hydrogen-bond acceptors (Lipinski definition) is 5. The van der Waals surface area contributed by atoms with Crippen LogP contribution in [0.2, 0.25) is 0 Å². The summed E-state index contributed by atoms with van der Waals surface area (Å²) in [4.78, 5) is 8.60. The Labute approximate surface area is 124 Å². The quantitative estimate of drug-likeness (QED) is 0.382. The molecular formula is C15H20N4S. The second kappa shape index (κ2) is 6.72. The van der Waals surface area contributed by atoms with Crippen LogP contribution in [-0.2, 0) is 5.75 Å². The first-order valence-electron chi connectivity index (χ1n) is 6.62. The van der Waals surface area contributed by atoms with E-state index in [9.17, 15) is 0 Å². The van der Waals surface area contributed by atoms with Crippen molar-refractivity contribution in [1.29, 1.82) is 0 Å². The summed E-state index contributed by atoms with van der Waals surface area (Å²) in [6.45, 7) is 6.38. The third-order valence-corrected chi connectivity index (χ3v) is 4.24. The Bertz CT molecular complexity index is 584. The maximum atomic E-state index is 5.54. The predicted octanol–water partition coefficient (Wildman–Crippen LogP) is 3.49. The van der Waals surface area contributed by atoms with Crippen LogP contribution in [0.1, 0.15) is 36.5 Å². The molecule has 0 amide bonds. The number of nitrogens with two attached hydrogens (primary N) is 1.